The van der Waals surface area contributed by atoms with Crippen molar-refractivity contribution in [1.82, 2.24) is 9.62 Å². The zero-order chi connectivity index (χ0) is 15.5. The van der Waals surface area contributed by atoms with Crippen LogP contribution in [0.4, 0.5) is 5.69 Å². The van der Waals surface area contributed by atoms with Gasteiger partial charge < -0.3 is 10.1 Å². The first-order valence-corrected chi connectivity index (χ1v) is 7.87. The van der Waals surface area contributed by atoms with Crippen molar-refractivity contribution in [2.75, 3.05) is 33.4 Å². The molecule has 116 valence electrons. The van der Waals surface area contributed by atoms with Gasteiger partial charge in [-0.05, 0) is 12.1 Å². The molecule has 1 aliphatic rings. The maximum absolute atomic E-state index is 12.6. The summed E-state index contributed by atoms with van der Waals surface area (Å²) < 4.78 is 31.7. The number of nitrogens with one attached hydrogen (secondary N) is 1. The van der Waals surface area contributed by atoms with Gasteiger partial charge in [-0.25, -0.2) is 8.42 Å². The molecule has 0 amide bonds. The third-order valence-corrected chi connectivity index (χ3v) is 5.28. The van der Waals surface area contributed by atoms with Crippen LogP contribution in [-0.2, 0) is 14.8 Å². The highest BCUT2D eigenvalue weighted by molar-refractivity contribution is 7.89. The third kappa shape index (κ3) is 3.38. The molecule has 1 aliphatic heterocycles. The standard InChI is InChI=1S/C12H17N3O5S/c1-20-9-11-8-13-6-7-14(11)21(18,19)12-4-2-10(3-5-12)15(16)17/h2-5,11,13H,6-9H2,1H3. The van der Waals surface area contributed by atoms with E-state index in [1.54, 1.807) is 0 Å². The fourth-order valence-electron chi connectivity index (χ4n) is 2.27. The van der Waals surface area contributed by atoms with Gasteiger partial charge in [0.05, 0.1) is 22.5 Å². The van der Waals surface area contributed by atoms with Crippen LogP contribution < -0.4 is 5.32 Å². The molecule has 1 heterocycles. The number of piperazine rings is 1. The minimum atomic E-state index is -3.69. The maximum Gasteiger partial charge on any atom is 0.269 e. The van der Waals surface area contributed by atoms with Crippen molar-refractivity contribution >= 4 is 15.7 Å². The predicted octanol–water partition coefficient (Wildman–Crippen LogP) is 0.204. The lowest BCUT2D eigenvalue weighted by Crippen LogP contribution is -2.55. The molecule has 1 fully saturated rings. The highest BCUT2D eigenvalue weighted by Crippen LogP contribution is 2.22. The number of methoxy groups -OCH3 is 1. The van der Waals surface area contributed by atoms with E-state index in [1.807, 2.05) is 0 Å². The van der Waals surface area contributed by atoms with E-state index in [4.69, 9.17) is 4.74 Å². The molecule has 0 radical (unpaired) electrons. The first-order valence-electron chi connectivity index (χ1n) is 6.43. The van der Waals surface area contributed by atoms with Crippen LogP contribution in [0, 0.1) is 10.1 Å². The van der Waals surface area contributed by atoms with Gasteiger partial charge in [0.2, 0.25) is 10.0 Å². The van der Waals surface area contributed by atoms with Gasteiger partial charge in [-0.2, -0.15) is 4.31 Å². The number of sulfonamides is 1. The molecule has 2 rings (SSSR count). The number of hydrogen-bond donors (Lipinski definition) is 1. The summed E-state index contributed by atoms with van der Waals surface area (Å²) >= 11 is 0. The van der Waals surface area contributed by atoms with Crippen molar-refractivity contribution in [3.63, 3.8) is 0 Å². The predicted molar refractivity (Wildman–Crippen MR) is 75.5 cm³/mol. The number of nitrogens with zero attached hydrogens (tertiary/aromatic N) is 2. The van der Waals surface area contributed by atoms with Crippen LogP contribution in [0.1, 0.15) is 0 Å². The Balaban J connectivity index is 2.28. The number of hydrogen-bond acceptors (Lipinski definition) is 6. The smallest absolute Gasteiger partial charge is 0.269 e. The van der Waals surface area contributed by atoms with E-state index in [0.29, 0.717) is 26.2 Å². The van der Waals surface area contributed by atoms with Crippen molar-refractivity contribution in [3.8, 4) is 0 Å². The van der Waals surface area contributed by atoms with Crippen molar-refractivity contribution in [2.45, 2.75) is 10.9 Å². The zero-order valence-electron chi connectivity index (χ0n) is 11.6. The lowest BCUT2D eigenvalue weighted by Gasteiger charge is -2.34. The van der Waals surface area contributed by atoms with Crippen LogP contribution in [0.15, 0.2) is 29.2 Å². The second-order valence-corrected chi connectivity index (χ2v) is 6.57. The molecule has 9 heteroatoms. The number of non-ortho nitro benzene ring substituents is 1. The van der Waals surface area contributed by atoms with E-state index in [-0.39, 0.29) is 16.6 Å². The van der Waals surface area contributed by atoms with Gasteiger partial charge in [0.25, 0.3) is 5.69 Å². The fraction of sp³-hybridized carbons (Fsp3) is 0.500. The monoisotopic (exact) mass is 315 g/mol. The van der Waals surface area contributed by atoms with Gasteiger partial charge in [-0.15, -0.1) is 0 Å². The molecule has 1 atom stereocenters. The first kappa shape index (κ1) is 15.8. The highest BCUT2D eigenvalue weighted by Gasteiger charge is 2.33. The lowest BCUT2D eigenvalue weighted by atomic mass is 10.2. The summed E-state index contributed by atoms with van der Waals surface area (Å²) in [5, 5.41) is 13.7. The van der Waals surface area contributed by atoms with Crippen molar-refractivity contribution < 1.29 is 18.1 Å². The Bertz CT molecular complexity index is 600. The molecule has 1 saturated heterocycles. The minimum Gasteiger partial charge on any atom is -0.383 e. The topological polar surface area (TPSA) is 102 Å². The van der Waals surface area contributed by atoms with E-state index < -0.39 is 14.9 Å². The quantitative estimate of drug-likeness (QED) is 0.615. The van der Waals surface area contributed by atoms with Crippen LogP contribution in [0.2, 0.25) is 0 Å². The zero-order valence-corrected chi connectivity index (χ0v) is 12.4. The summed E-state index contributed by atoms with van der Waals surface area (Å²) in [7, 11) is -2.17. The summed E-state index contributed by atoms with van der Waals surface area (Å²) in [5.41, 5.74) is -0.136. The molecule has 8 nitrogen and oxygen atoms in total. The molecule has 0 aliphatic carbocycles. The minimum absolute atomic E-state index is 0.0519. The van der Waals surface area contributed by atoms with Crippen LogP contribution in [0.25, 0.3) is 0 Å². The Morgan fingerprint density at radius 2 is 2.10 bits per heavy atom. The summed E-state index contributed by atoms with van der Waals surface area (Å²) in [6.45, 7) is 1.71. The molecule has 0 bridgehead atoms. The normalized spacial score (nSPS) is 20.3. The molecule has 0 spiro atoms. The number of nitro benzene ring substituents is 1. The summed E-state index contributed by atoms with van der Waals surface area (Å²) in [6, 6.07) is 4.63. The number of benzene rings is 1. The van der Waals surface area contributed by atoms with Crippen LogP contribution in [0.5, 0.6) is 0 Å². The number of rotatable bonds is 5. The number of nitro groups is 1. The highest BCUT2D eigenvalue weighted by atomic mass is 32.2. The molecule has 0 aromatic heterocycles. The molecule has 1 aromatic rings. The van der Waals surface area contributed by atoms with E-state index in [0.717, 1.165) is 0 Å². The van der Waals surface area contributed by atoms with Crippen molar-refractivity contribution in [1.29, 1.82) is 0 Å². The van der Waals surface area contributed by atoms with Crippen molar-refractivity contribution in [2.24, 2.45) is 0 Å². The summed E-state index contributed by atoms with van der Waals surface area (Å²) in [6.07, 6.45) is 0. The first-order chi connectivity index (χ1) is 9.96. The van der Waals surface area contributed by atoms with Gasteiger partial charge >= 0.3 is 0 Å². The van der Waals surface area contributed by atoms with E-state index >= 15 is 0 Å². The largest absolute Gasteiger partial charge is 0.383 e. The van der Waals surface area contributed by atoms with Crippen LogP contribution in [-0.4, -0.2) is 57.0 Å². The molecule has 1 aromatic carbocycles. The molecular weight excluding hydrogens is 298 g/mol. The molecule has 1 N–H and O–H groups in total. The average molecular weight is 315 g/mol. The van der Waals surface area contributed by atoms with Crippen molar-refractivity contribution in [3.05, 3.63) is 34.4 Å². The Labute approximate surface area is 122 Å². The summed E-state index contributed by atoms with van der Waals surface area (Å²) in [4.78, 5) is 10.1. The maximum atomic E-state index is 12.6. The van der Waals surface area contributed by atoms with Gasteiger partial charge in [-0.1, -0.05) is 0 Å². The fourth-order valence-corrected chi connectivity index (χ4v) is 3.88. The molecule has 21 heavy (non-hydrogen) atoms. The SMILES string of the molecule is COCC1CNCCN1S(=O)(=O)c1ccc([N+](=O)[O-])cc1. The molecule has 0 saturated carbocycles. The average Bonchev–Trinajstić information content (AvgIpc) is 2.48. The van der Waals surface area contributed by atoms with Gasteiger partial charge in [-0.3, -0.25) is 10.1 Å². The van der Waals surface area contributed by atoms with E-state index in [9.17, 15) is 18.5 Å². The number of ether oxygens (including phenoxy) is 1. The third-order valence-electron chi connectivity index (χ3n) is 3.31. The van der Waals surface area contributed by atoms with E-state index in [2.05, 4.69) is 5.32 Å². The van der Waals surface area contributed by atoms with Gasteiger partial charge in [0.1, 0.15) is 0 Å². The second kappa shape index (κ2) is 6.48. The van der Waals surface area contributed by atoms with Crippen LogP contribution in [0.3, 0.4) is 0 Å². The summed E-state index contributed by atoms with van der Waals surface area (Å²) in [5.74, 6) is 0. The van der Waals surface area contributed by atoms with Crippen LogP contribution >= 0.6 is 0 Å². The van der Waals surface area contributed by atoms with Gasteiger partial charge in [0.15, 0.2) is 0 Å². The second-order valence-electron chi connectivity index (χ2n) is 4.68. The Morgan fingerprint density at radius 3 is 2.67 bits per heavy atom. The Morgan fingerprint density at radius 1 is 1.43 bits per heavy atom. The van der Waals surface area contributed by atoms with E-state index in [1.165, 1.54) is 35.7 Å². The molecular formula is C12H17N3O5S. The Kier molecular flexibility index (Phi) is 4.88. The van der Waals surface area contributed by atoms with Gasteiger partial charge in [0, 0.05) is 38.9 Å². The Hall–Kier alpha value is -1.55. The lowest BCUT2D eigenvalue weighted by molar-refractivity contribution is -0.384. The molecule has 1 unspecified atom stereocenters.